The molecule has 18 heavy (non-hydrogen) atoms. The van der Waals surface area contributed by atoms with Gasteiger partial charge in [-0.2, -0.15) is 0 Å². The monoisotopic (exact) mass is 329 g/mol. The van der Waals surface area contributed by atoms with Crippen LogP contribution in [0, 0.1) is 0 Å². The number of nitrogens with one attached hydrogen (secondary N) is 1. The average molecular weight is 330 g/mol. The molecular weight excluding hydrogens is 314 g/mol. The first-order chi connectivity index (χ1) is 8.46. The molecule has 0 spiro atoms. The van der Waals surface area contributed by atoms with E-state index in [1.54, 1.807) is 17.6 Å². The van der Waals surface area contributed by atoms with Crippen LogP contribution in [0.2, 0.25) is 0 Å². The summed E-state index contributed by atoms with van der Waals surface area (Å²) in [5.41, 5.74) is 1.10. The van der Waals surface area contributed by atoms with Crippen molar-refractivity contribution < 1.29 is 4.42 Å². The number of hydrogen-bond donors (Lipinski definition) is 1. The van der Waals surface area contributed by atoms with Crippen molar-refractivity contribution in [3.63, 3.8) is 0 Å². The van der Waals surface area contributed by atoms with Crippen molar-refractivity contribution in [2.45, 2.75) is 32.7 Å². The van der Waals surface area contributed by atoms with E-state index < -0.39 is 0 Å². The number of hydrogen-bond acceptors (Lipinski definition) is 5. The fourth-order valence-corrected chi connectivity index (χ4v) is 2.87. The molecule has 1 N–H and O–H groups in total. The summed E-state index contributed by atoms with van der Waals surface area (Å²) in [5.74, 6) is 0. The summed E-state index contributed by atoms with van der Waals surface area (Å²) in [5, 5.41) is 13.7. The molecule has 0 saturated carbocycles. The Labute approximate surface area is 119 Å². The van der Waals surface area contributed by atoms with Crippen LogP contribution in [0.4, 0.5) is 0 Å². The van der Waals surface area contributed by atoms with Crippen molar-refractivity contribution in [1.29, 1.82) is 0 Å². The molecule has 0 bridgehead atoms. The van der Waals surface area contributed by atoms with Crippen molar-refractivity contribution in [3.8, 4) is 10.6 Å². The second-order valence-electron chi connectivity index (χ2n) is 5.04. The van der Waals surface area contributed by atoms with Gasteiger partial charge in [0.05, 0.1) is 11.8 Å². The molecule has 0 aliphatic carbocycles. The van der Waals surface area contributed by atoms with Crippen LogP contribution in [0.5, 0.6) is 0 Å². The van der Waals surface area contributed by atoms with Crippen molar-refractivity contribution in [2.75, 3.05) is 6.54 Å². The van der Waals surface area contributed by atoms with Gasteiger partial charge >= 0.3 is 0 Å². The maximum absolute atomic E-state index is 5.20. The Bertz CT molecular complexity index is 515. The Kier molecular flexibility index (Phi) is 4.19. The summed E-state index contributed by atoms with van der Waals surface area (Å²) in [4.78, 5) is 0. The first kappa shape index (κ1) is 13.7. The first-order valence-corrected chi connectivity index (χ1v) is 7.37. The van der Waals surface area contributed by atoms with Crippen LogP contribution in [-0.4, -0.2) is 22.3 Å². The summed E-state index contributed by atoms with van der Waals surface area (Å²) in [6.45, 7) is 7.37. The third-order valence-electron chi connectivity index (χ3n) is 2.31. The summed E-state index contributed by atoms with van der Waals surface area (Å²) in [7, 11) is 0. The van der Waals surface area contributed by atoms with Crippen LogP contribution in [-0.2, 0) is 6.42 Å². The number of rotatable bonds is 4. The van der Waals surface area contributed by atoms with Crippen LogP contribution in [0.15, 0.2) is 21.4 Å². The highest BCUT2D eigenvalue weighted by Crippen LogP contribution is 2.31. The topological polar surface area (TPSA) is 51.0 Å². The molecule has 0 aliphatic rings. The van der Waals surface area contributed by atoms with Crippen molar-refractivity contribution in [1.82, 2.24) is 15.5 Å². The Hall–Kier alpha value is -0.720. The lowest BCUT2D eigenvalue weighted by molar-refractivity contribution is 0.429. The van der Waals surface area contributed by atoms with E-state index in [4.69, 9.17) is 4.42 Å². The van der Waals surface area contributed by atoms with Gasteiger partial charge in [0.2, 0.25) is 0 Å². The van der Waals surface area contributed by atoms with Gasteiger partial charge in [-0.15, -0.1) is 10.2 Å². The van der Waals surface area contributed by atoms with E-state index in [9.17, 15) is 0 Å². The zero-order valence-electron chi connectivity index (χ0n) is 10.7. The molecule has 4 nitrogen and oxygen atoms in total. The molecule has 0 fully saturated rings. The Morgan fingerprint density at radius 1 is 1.39 bits per heavy atom. The third kappa shape index (κ3) is 3.63. The van der Waals surface area contributed by atoms with Gasteiger partial charge in [-0.1, -0.05) is 11.3 Å². The normalized spacial score (nSPS) is 12.0. The van der Waals surface area contributed by atoms with Crippen LogP contribution in [0.1, 0.15) is 25.8 Å². The third-order valence-corrected chi connectivity index (χ3v) is 3.94. The molecule has 0 unspecified atom stereocenters. The smallest absolute Gasteiger partial charge is 0.179 e. The lowest BCUT2D eigenvalue weighted by Crippen LogP contribution is -2.37. The van der Waals surface area contributed by atoms with E-state index in [0.717, 1.165) is 28.5 Å². The molecule has 0 amide bonds. The standard InChI is InChI=1S/C12H16BrN3OS/c1-12(2,3)14-6-4-9-15-16-11(18-9)8-5-7-17-10(8)13/h5,7,14H,4,6H2,1-3H3. The Balaban J connectivity index is 1.97. The molecule has 98 valence electrons. The molecule has 2 aromatic heterocycles. The Morgan fingerprint density at radius 2 is 2.17 bits per heavy atom. The molecule has 2 heterocycles. The molecule has 0 radical (unpaired) electrons. The van der Waals surface area contributed by atoms with Crippen molar-refractivity contribution >= 4 is 27.3 Å². The second kappa shape index (κ2) is 5.50. The predicted octanol–water partition coefficient (Wildman–Crippen LogP) is 3.49. The number of aromatic nitrogens is 2. The first-order valence-electron chi connectivity index (χ1n) is 5.76. The highest BCUT2D eigenvalue weighted by Gasteiger charge is 2.13. The summed E-state index contributed by atoms with van der Waals surface area (Å²) < 4.78 is 5.90. The van der Waals surface area contributed by atoms with Crippen molar-refractivity contribution in [2.24, 2.45) is 0 Å². The van der Waals surface area contributed by atoms with E-state index in [2.05, 4.69) is 52.2 Å². The van der Waals surface area contributed by atoms with E-state index in [1.807, 2.05) is 6.07 Å². The van der Waals surface area contributed by atoms with Crippen molar-refractivity contribution in [3.05, 3.63) is 22.0 Å². The lowest BCUT2D eigenvalue weighted by Gasteiger charge is -2.19. The SMILES string of the molecule is CC(C)(C)NCCc1nnc(-c2ccoc2Br)s1. The van der Waals surface area contributed by atoms with E-state index in [1.165, 1.54) is 0 Å². The summed E-state index contributed by atoms with van der Waals surface area (Å²) in [6, 6.07) is 1.89. The minimum absolute atomic E-state index is 0.140. The van der Waals surface area contributed by atoms with Gasteiger partial charge in [0.1, 0.15) is 5.01 Å². The van der Waals surface area contributed by atoms with Gasteiger partial charge in [-0.25, -0.2) is 0 Å². The number of furan rings is 1. The summed E-state index contributed by atoms with van der Waals surface area (Å²) >= 11 is 4.95. The zero-order chi connectivity index (χ0) is 13.2. The van der Waals surface area contributed by atoms with Gasteiger partial charge in [0.25, 0.3) is 0 Å². The maximum Gasteiger partial charge on any atom is 0.179 e. The van der Waals surface area contributed by atoms with Crippen LogP contribution in [0.3, 0.4) is 0 Å². The maximum atomic E-state index is 5.20. The molecular formula is C12H16BrN3OS. The van der Waals surface area contributed by atoms with Gasteiger partial charge < -0.3 is 9.73 Å². The van der Waals surface area contributed by atoms with E-state index >= 15 is 0 Å². The predicted molar refractivity (Wildman–Crippen MR) is 76.8 cm³/mol. The molecule has 2 aromatic rings. The lowest BCUT2D eigenvalue weighted by atomic mass is 10.1. The van der Waals surface area contributed by atoms with E-state index in [0.29, 0.717) is 4.67 Å². The second-order valence-corrected chi connectivity index (χ2v) is 6.82. The molecule has 6 heteroatoms. The zero-order valence-corrected chi connectivity index (χ0v) is 13.1. The fourth-order valence-electron chi connectivity index (χ4n) is 1.45. The number of nitrogens with zero attached hydrogens (tertiary/aromatic N) is 2. The molecule has 0 aliphatic heterocycles. The van der Waals surface area contributed by atoms with Gasteiger partial charge in [-0.3, -0.25) is 0 Å². The fraction of sp³-hybridized carbons (Fsp3) is 0.500. The molecule has 0 aromatic carbocycles. The largest absolute Gasteiger partial charge is 0.457 e. The van der Waals surface area contributed by atoms with Gasteiger partial charge in [-0.05, 0) is 42.8 Å². The van der Waals surface area contributed by atoms with Gasteiger partial charge in [0, 0.05) is 18.5 Å². The molecule has 0 saturated heterocycles. The van der Waals surface area contributed by atoms with E-state index in [-0.39, 0.29) is 5.54 Å². The highest BCUT2D eigenvalue weighted by atomic mass is 79.9. The average Bonchev–Trinajstić information content (AvgIpc) is 2.84. The van der Waals surface area contributed by atoms with Crippen LogP contribution < -0.4 is 5.32 Å². The van der Waals surface area contributed by atoms with Crippen LogP contribution in [0.25, 0.3) is 10.6 Å². The van der Waals surface area contributed by atoms with Gasteiger partial charge in [0.15, 0.2) is 9.68 Å². The molecule has 0 atom stereocenters. The van der Waals surface area contributed by atoms with Crippen LogP contribution >= 0.6 is 27.3 Å². The quantitative estimate of drug-likeness (QED) is 0.932. The highest BCUT2D eigenvalue weighted by molar-refractivity contribution is 9.10. The number of halogens is 1. The Morgan fingerprint density at radius 3 is 2.78 bits per heavy atom. The minimum Gasteiger partial charge on any atom is -0.457 e. The summed E-state index contributed by atoms with van der Waals surface area (Å²) in [6.07, 6.45) is 2.53. The molecule has 2 rings (SSSR count). The minimum atomic E-state index is 0.140.